The minimum absolute atomic E-state index is 0.161. The molecule has 0 heterocycles. The number of para-hydroxylation sites is 1. The Morgan fingerprint density at radius 3 is 2.87 bits per heavy atom. The molecule has 0 aliphatic heterocycles. The summed E-state index contributed by atoms with van der Waals surface area (Å²) in [5.41, 5.74) is 0.849. The largest absolute Gasteiger partial charge is 0.341 e. The second-order valence-corrected chi connectivity index (χ2v) is 2.69. The first kappa shape index (κ1) is 10.8. The van der Waals surface area contributed by atoms with Crippen molar-refractivity contribution in [2.45, 2.75) is 0 Å². The molecule has 0 unspecified atom stereocenters. The van der Waals surface area contributed by atoms with Gasteiger partial charge >= 0.3 is 0 Å². The van der Waals surface area contributed by atoms with E-state index in [1.807, 2.05) is 0 Å². The standard InChI is InChI=1S/C11H10N2O2/c1-2-7-12-11(15)9-5-3-4-6-10(9)13-8-14/h1,3-6,8H,7H2,(H,12,15)(H,13,14). The van der Waals surface area contributed by atoms with Gasteiger partial charge in [-0.15, -0.1) is 6.42 Å². The highest BCUT2D eigenvalue weighted by molar-refractivity contribution is 6.01. The minimum Gasteiger partial charge on any atom is -0.341 e. The summed E-state index contributed by atoms with van der Waals surface area (Å²) >= 11 is 0. The third-order valence-corrected chi connectivity index (χ3v) is 1.74. The van der Waals surface area contributed by atoms with Gasteiger partial charge in [0.1, 0.15) is 0 Å². The van der Waals surface area contributed by atoms with Gasteiger partial charge in [0.05, 0.1) is 17.8 Å². The highest BCUT2D eigenvalue weighted by Gasteiger charge is 2.08. The Bertz CT molecular complexity index is 407. The summed E-state index contributed by atoms with van der Waals surface area (Å²) in [7, 11) is 0. The predicted octanol–water partition coefficient (Wildman–Crippen LogP) is 0.618. The molecule has 1 aromatic rings. The summed E-state index contributed by atoms with van der Waals surface area (Å²) in [5.74, 6) is 1.99. The molecular weight excluding hydrogens is 192 g/mol. The fourth-order valence-electron chi connectivity index (χ4n) is 1.10. The molecule has 0 spiro atoms. The van der Waals surface area contributed by atoms with Crippen LogP contribution in [0, 0.1) is 12.3 Å². The summed E-state index contributed by atoms with van der Waals surface area (Å²) in [6.07, 6.45) is 5.54. The number of carbonyl (C=O) groups is 2. The van der Waals surface area contributed by atoms with Gasteiger partial charge in [-0.3, -0.25) is 9.59 Å². The summed E-state index contributed by atoms with van der Waals surface area (Å²) in [4.78, 5) is 21.8. The number of amides is 2. The van der Waals surface area contributed by atoms with Crippen LogP contribution in [0.4, 0.5) is 5.69 Å². The minimum atomic E-state index is -0.307. The topological polar surface area (TPSA) is 58.2 Å². The van der Waals surface area contributed by atoms with Gasteiger partial charge in [-0.1, -0.05) is 18.1 Å². The number of terminal acetylenes is 1. The SMILES string of the molecule is C#CCNC(=O)c1ccccc1NC=O. The highest BCUT2D eigenvalue weighted by atomic mass is 16.1. The second kappa shape index (κ2) is 5.45. The van der Waals surface area contributed by atoms with E-state index in [1.54, 1.807) is 24.3 Å². The molecule has 1 rings (SSSR count). The zero-order valence-electron chi connectivity index (χ0n) is 7.99. The molecule has 0 aliphatic rings. The van der Waals surface area contributed by atoms with Crippen LogP contribution >= 0.6 is 0 Å². The number of anilines is 1. The number of nitrogens with one attached hydrogen (secondary N) is 2. The first-order valence-corrected chi connectivity index (χ1v) is 4.30. The lowest BCUT2D eigenvalue weighted by atomic mass is 10.1. The molecule has 2 N–H and O–H groups in total. The third-order valence-electron chi connectivity index (χ3n) is 1.74. The summed E-state index contributed by atoms with van der Waals surface area (Å²) in [5, 5.41) is 4.96. The van der Waals surface area contributed by atoms with Crippen molar-refractivity contribution in [3.63, 3.8) is 0 Å². The maximum absolute atomic E-state index is 11.5. The third kappa shape index (κ3) is 2.85. The highest BCUT2D eigenvalue weighted by Crippen LogP contribution is 2.13. The quantitative estimate of drug-likeness (QED) is 0.555. The van der Waals surface area contributed by atoms with Gasteiger partial charge < -0.3 is 10.6 Å². The summed E-state index contributed by atoms with van der Waals surface area (Å²) < 4.78 is 0. The normalized spacial score (nSPS) is 8.73. The lowest BCUT2D eigenvalue weighted by Crippen LogP contribution is -2.24. The molecule has 4 heteroatoms. The van der Waals surface area contributed by atoms with Crippen molar-refractivity contribution in [2.24, 2.45) is 0 Å². The van der Waals surface area contributed by atoms with Crippen LogP contribution in [0.2, 0.25) is 0 Å². The number of hydrogen-bond donors (Lipinski definition) is 2. The van der Waals surface area contributed by atoms with E-state index in [9.17, 15) is 9.59 Å². The number of benzene rings is 1. The van der Waals surface area contributed by atoms with E-state index < -0.39 is 0 Å². The monoisotopic (exact) mass is 202 g/mol. The van der Waals surface area contributed by atoms with E-state index >= 15 is 0 Å². The Labute approximate surface area is 87.7 Å². The van der Waals surface area contributed by atoms with Crippen molar-refractivity contribution in [3.8, 4) is 12.3 Å². The molecule has 15 heavy (non-hydrogen) atoms. The zero-order chi connectivity index (χ0) is 11.1. The molecule has 0 atom stereocenters. The average Bonchev–Trinajstić information content (AvgIpc) is 2.27. The molecule has 0 saturated heterocycles. The zero-order valence-corrected chi connectivity index (χ0v) is 7.99. The van der Waals surface area contributed by atoms with Crippen molar-refractivity contribution in [3.05, 3.63) is 29.8 Å². The molecule has 0 aromatic heterocycles. The van der Waals surface area contributed by atoms with Gasteiger partial charge in [0.15, 0.2) is 0 Å². The Hall–Kier alpha value is -2.28. The number of carbonyl (C=O) groups excluding carboxylic acids is 2. The van der Waals surface area contributed by atoms with Crippen LogP contribution in [0.1, 0.15) is 10.4 Å². The first-order valence-electron chi connectivity index (χ1n) is 4.30. The summed E-state index contributed by atoms with van der Waals surface area (Å²) in [6.45, 7) is 0.161. The van der Waals surface area contributed by atoms with Crippen molar-refractivity contribution in [2.75, 3.05) is 11.9 Å². The van der Waals surface area contributed by atoms with Gasteiger partial charge in [-0.25, -0.2) is 0 Å². The molecule has 0 radical (unpaired) electrons. The molecule has 0 saturated carbocycles. The van der Waals surface area contributed by atoms with Gasteiger partial charge in [-0.2, -0.15) is 0 Å². The lowest BCUT2D eigenvalue weighted by Gasteiger charge is -2.06. The Morgan fingerprint density at radius 1 is 1.47 bits per heavy atom. The fraction of sp³-hybridized carbons (Fsp3) is 0.0909. The molecule has 2 amide bonds. The van der Waals surface area contributed by atoms with E-state index in [0.717, 1.165) is 0 Å². The van der Waals surface area contributed by atoms with Crippen molar-refractivity contribution in [1.82, 2.24) is 5.32 Å². The van der Waals surface area contributed by atoms with E-state index in [2.05, 4.69) is 16.6 Å². The maximum Gasteiger partial charge on any atom is 0.254 e. The number of rotatable bonds is 4. The van der Waals surface area contributed by atoms with Crippen molar-refractivity contribution in [1.29, 1.82) is 0 Å². The van der Waals surface area contributed by atoms with Crippen LogP contribution in [0.15, 0.2) is 24.3 Å². The molecule has 76 valence electrons. The summed E-state index contributed by atoms with van der Waals surface area (Å²) in [6, 6.07) is 6.68. The van der Waals surface area contributed by atoms with Gasteiger partial charge in [0, 0.05) is 0 Å². The Balaban J connectivity index is 2.87. The molecule has 0 fully saturated rings. The maximum atomic E-state index is 11.5. The van der Waals surface area contributed by atoms with E-state index in [1.165, 1.54) is 0 Å². The smallest absolute Gasteiger partial charge is 0.254 e. The Kier molecular flexibility index (Phi) is 3.92. The van der Waals surface area contributed by atoms with Crippen molar-refractivity contribution < 1.29 is 9.59 Å². The van der Waals surface area contributed by atoms with Gasteiger partial charge in [-0.05, 0) is 12.1 Å². The lowest BCUT2D eigenvalue weighted by molar-refractivity contribution is -0.105. The van der Waals surface area contributed by atoms with Gasteiger partial charge in [0.2, 0.25) is 6.41 Å². The van der Waals surface area contributed by atoms with E-state index in [0.29, 0.717) is 17.7 Å². The van der Waals surface area contributed by atoms with Crippen LogP contribution in [-0.2, 0) is 4.79 Å². The van der Waals surface area contributed by atoms with Gasteiger partial charge in [0.25, 0.3) is 5.91 Å². The van der Waals surface area contributed by atoms with Crippen molar-refractivity contribution >= 4 is 18.0 Å². The predicted molar refractivity (Wildman–Crippen MR) is 57.3 cm³/mol. The molecule has 1 aromatic carbocycles. The molecule has 4 nitrogen and oxygen atoms in total. The van der Waals surface area contributed by atoms with Crippen LogP contribution < -0.4 is 10.6 Å². The van der Waals surface area contributed by atoms with E-state index in [4.69, 9.17) is 6.42 Å². The Morgan fingerprint density at radius 2 is 2.20 bits per heavy atom. The van der Waals surface area contributed by atoms with E-state index in [-0.39, 0.29) is 12.5 Å². The fourth-order valence-corrected chi connectivity index (χ4v) is 1.10. The molecule has 0 aliphatic carbocycles. The molecular formula is C11H10N2O2. The second-order valence-electron chi connectivity index (χ2n) is 2.69. The average molecular weight is 202 g/mol. The first-order chi connectivity index (χ1) is 7.29. The molecule has 0 bridgehead atoms. The van der Waals surface area contributed by atoms with Crippen LogP contribution in [0.5, 0.6) is 0 Å². The van der Waals surface area contributed by atoms with Crippen LogP contribution in [0.3, 0.4) is 0 Å². The number of hydrogen-bond acceptors (Lipinski definition) is 2. The van der Waals surface area contributed by atoms with Crippen LogP contribution in [0.25, 0.3) is 0 Å². The van der Waals surface area contributed by atoms with Crippen LogP contribution in [-0.4, -0.2) is 18.9 Å².